The van der Waals surface area contributed by atoms with Crippen LogP contribution in [0.2, 0.25) is 0 Å². The highest BCUT2D eigenvalue weighted by Crippen LogP contribution is 2.22. The molecule has 3 heteroatoms. The molecule has 18 heavy (non-hydrogen) atoms. The highest BCUT2D eigenvalue weighted by molar-refractivity contribution is 5.26. The van der Waals surface area contributed by atoms with Crippen LogP contribution in [0.15, 0.2) is 24.3 Å². The van der Waals surface area contributed by atoms with E-state index in [0.717, 1.165) is 19.5 Å². The van der Waals surface area contributed by atoms with Crippen molar-refractivity contribution in [3.8, 4) is 0 Å². The summed E-state index contributed by atoms with van der Waals surface area (Å²) in [5.74, 6) is 0. The van der Waals surface area contributed by atoms with Crippen LogP contribution in [0.1, 0.15) is 36.8 Å². The van der Waals surface area contributed by atoms with Gasteiger partial charge < -0.3 is 10.8 Å². The Bertz CT molecular complexity index is 365. The topological polar surface area (TPSA) is 49.5 Å². The Morgan fingerprint density at radius 2 is 2.00 bits per heavy atom. The van der Waals surface area contributed by atoms with Crippen LogP contribution in [-0.2, 0) is 13.1 Å². The van der Waals surface area contributed by atoms with Gasteiger partial charge in [0, 0.05) is 25.7 Å². The van der Waals surface area contributed by atoms with E-state index in [4.69, 9.17) is 10.8 Å². The van der Waals surface area contributed by atoms with E-state index in [2.05, 4.69) is 23.1 Å². The normalized spacial score (nSPS) is 21.1. The van der Waals surface area contributed by atoms with E-state index in [-0.39, 0.29) is 0 Å². The van der Waals surface area contributed by atoms with Crippen LogP contribution >= 0.6 is 0 Å². The van der Waals surface area contributed by atoms with E-state index in [1.54, 1.807) is 0 Å². The van der Waals surface area contributed by atoms with Crippen LogP contribution in [0.4, 0.5) is 0 Å². The summed E-state index contributed by atoms with van der Waals surface area (Å²) in [6.45, 7) is 3.01. The van der Waals surface area contributed by atoms with Crippen molar-refractivity contribution in [2.75, 3.05) is 13.2 Å². The third-order valence-corrected chi connectivity index (χ3v) is 3.92. The number of hydrogen-bond acceptors (Lipinski definition) is 3. The maximum absolute atomic E-state index is 9.16. The molecule has 0 aromatic heterocycles. The summed E-state index contributed by atoms with van der Waals surface area (Å²) < 4.78 is 0. The number of nitrogens with two attached hydrogens (primary N) is 1. The molecule has 0 saturated carbocycles. The summed E-state index contributed by atoms with van der Waals surface area (Å²) in [6, 6.07) is 8.95. The van der Waals surface area contributed by atoms with Gasteiger partial charge in [0.1, 0.15) is 0 Å². The predicted octanol–water partition coefficient (Wildman–Crippen LogP) is 1.88. The van der Waals surface area contributed by atoms with Crippen molar-refractivity contribution >= 4 is 0 Å². The second-order valence-electron chi connectivity index (χ2n) is 5.11. The van der Waals surface area contributed by atoms with Crippen LogP contribution in [0.5, 0.6) is 0 Å². The van der Waals surface area contributed by atoms with Crippen LogP contribution in [-0.4, -0.2) is 29.2 Å². The number of aliphatic hydroxyl groups excluding tert-OH is 1. The van der Waals surface area contributed by atoms with Gasteiger partial charge in [-0.15, -0.1) is 0 Å². The fraction of sp³-hybridized carbons (Fsp3) is 0.600. The van der Waals surface area contributed by atoms with Crippen molar-refractivity contribution in [3.63, 3.8) is 0 Å². The van der Waals surface area contributed by atoms with E-state index in [0.29, 0.717) is 19.2 Å². The van der Waals surface area contributed by atoms with Gasteiger partial charge in [-0.1, -0.05) is 30.7 Å². The molecule has 1 aliphatic heterocycles. The number of nitrogens with zero attached hydrogens (tertiary/aromatic N) is 1. The first-order valence-electron chi connectivity index (χ1n) is 6.97. The molecule has 0 bridgehead atoms. The van der Waals surface area contributed by atoms with Gasteiger partial charge in [-0.25, -0.2) is 0 Å². The molecular weight excluding hydrogens is 224 g/mol. The summed E-state index contributed by atoms with van der Waals surface area (Å²) in [5, 5.41) is 9.16. The fourth-order valence-corrected chi connectivity index (χ4v) is 2.87. The summed E-state index contributed by atoms with van der Waals surface area (Å²) in [7, 11) is 0. The quantitative estimate of drug-likeness (QED) is 0.836. The maximum Gasteiger partial charge on any atom is 0.0445 e. The first kappa shape index (κ1) is 13.5. The lowest BCUT2D eigenvalue weighted by molar-refractivity contribution is 0.112. The molecule has 1 unspecified atom stereocenters. The van der Waals surface area contributed by atoms with Crippen molar-refractivity contribution in [3.05, 3.63) is 35.4 Å². The van der Waals surface area contributed by atoms with E-state index in [1.807, 2.05) is 6.07 Å². The molecule has 1 saturated heterocycles. The monoisotopic (exact) mass is 248 g/mol. The molecule has 3 N–H and O–H groups in total. The molecule has 1 atom stereocenters. The standard InChI is InChI=1S/C15H24N2O/c16-11-13-5-1-2-6-14(13)12-17-9-4-3-7-15(17)8-10-18/h1-2,5-6,15,18H,3-4,7-12,16H2. The van der Waals surface area contributed by atoms with Gasteiger partial charge in [-0.3, -0.25) is 4.90 Å². The zero-order chi connectivity index (χ0) is 12.8. The van der Waals surface area contributed by atoms with Gasteiger partial charge in [-0.05, 0) is 36.9 Å². The summed E-state index contributed by atoms with van der Waals surface area (Å²) >= 11 is 0. The third kappa shape index (κ3) is 3.31. The molecule has 1 aromatic rings. The molecule has 3 nitrogen and oxygen atoms in total. The number of hydrogen-bond donors (Lipinski definition) is 2. The largest absolute Gasteiger partial charge is 0.396 e. The number of likely N-dealkylation sites (tertiary alicyclic amines) is 1. The lowest BCUT2D eigenvalue weighted by Crippen LogP contribution is -2.39. The first-order valence-corrected chi connectivity index (χ1v) is 6.97. The Balaban J connectivity index is 2.05. The number of rotatable bonds is 5. The zero-order valence-corrected chi connectivity index (χ0v) is 11.0. The maximum atomic E-state index is 9.16. The van der Waals surface area contributed by atoms with Crippen molar-refractivity contribution < 1.29 is 5.11 Å². The molecule has 0 radical (unpaired) electrons. The van der Waals surface area contributed by atoms with Crippen molar-refractivity contribution in [2.24, 2.45) is 5.73 Å². The van der Waals surface area contributed by atoms with E-state index >= 15 is 0 Å². The highest BCUT2D eigenvalue weighted by atomic mass is 16.3. The molecule has 100 valence electrons. The SMILES string of the molecule is NCc1ccccc1CN1CCCCC1CCO. The second kappa shape index (κ2) is 6.88. The van der Waals surface area contributed by atoms with Crippen molar-refractivity contribution in [1.82, 2.24) is 4.90 Å². The Hall–Kier alpha value is -0.900. The van der Waals surface area contributed by atoms with Crippen LogP contribution in [0.3, 0.4) is 0 Å². The molecule has 0 amide bonds. The minimum atomic E-state index is 0.291. The third-order valence-electron chi connectivity index (χ3n) is 3.92. The molecule has 1 heterocycles. The van der Waals surface area contributed by atoms with Gasteiger partial charge in [0.25, 0.3) is 0 Å². The lowest BCUT2D eigenvalue weighted by atomic mass is 9.98. The Labute approximate surface area is 110 Å². The number of aliphatic hydroxyl groups is 1. The molecule has 1 aliphatic rings. The summed E-state index contributed by atoms with van der Waals surface area (Å²) in [6.07, 6.45) is 4.67. The first-order chi connectivity index (χ1) is 8.85. The van der Waals surface area contributed by atoms with Gasteiger partial charge in [-0.2, -0.15) is 0 Å². The molecule has 1 aromatic carbocycles. The van der Waals surface area contributed by atoms with Crippen molar-refractivity contribution in [2.45, 2.75) is 44.8 Å². The van der Waals surface area contributed by atoms with Gasteiger partial charge in [0.05, 0.1) is 0 Å². The smallest absolute Gasteiger partial charge is 0.0445 e. The predicted molar refractivity (Wildman–Crippen MR) is 74.1 cm³/mol. The Kier molecular flexibility index (Phi) is 5.17. The average Bonchev–Trinajstić information content (AvgIpc) is 2.42. The van der Waals surface area contributed by atoms with E-state index in [9.17, 15) is 0 Å². The molecular formula is C15H24N2O. The highest BCUT2D eigenvalue weighted by Gasteiger charge is 2.22. The molecule has 0 aliphatic carbocycles. The van der Waals surface area contributed by atoms with Crippen LogP contribution in [0, 0.1) is 0 Å². The van der Waals surface area contributed by atoms with Crippen LogP contribution < -0.4 is 5.73 Å². The zero-order valence-electron chi connectivity index (χ0n) is 11.0. The summed E-state index contributed by atoms with van der Waals surface area (Å²) in [4.78, 5) is 2.51. The molecule has 0 spiro atoms. The Morgan fingerprint density at radius 1 is 1.22 bits per heavy atom. The average molecular weight is 248 g/mol. The molecule has 2 rings (SSSR count). The van der Waals surface area contributed by atoms with Crippen molar-refractivity contribution in [1.29, 1.82) is 0 Å². The number of benzene rings is 1. The fourth-order valence-electron chi connectivity index (χ4n) is 2.87. The van der Waals surface area contributed by atoms with Gasteiger partial charge >= 0.3 is 0 Å². The minimum absolute atomic E-state index is 0.291. The minimum Gasteiger partial charge on any atom is -0.396 e. The van der Waals surface area contributed by atoms with Gasteiger partial charge in [0.15, 0.2) is 0 Å². The molecule has 1 fully saturated rings. The van der Waals surface area contributed by atoms with E-state index in [1.165, 1.54) is 30.4 Å². The number of piperidine rings is 1. The van der Waals surface area contributed by atoms with E-state index < -0.39 is 0 Å². The van der Waals surface area contributed by atoms with Crippen LogP contribution in [0.25, 0.3) is 0 Å². The lowest BCUT2D eigenvalue weighted by Gasteiger charge is -2.36. The van der Waals surface area contributed by atoms with Gasteiger partial charge in [0.2, 0.25) is 0 Å². The summed E-state index contributed by atoms with van der Waals surface area (Å²) in [5.41, 5.74) is 8.37. The Morgan fingerprint density at radius 3 is 2.72 bits per heavy atom. The second-order valence-corrected chi connectivity index (χ2v) is 5.11.